The monoisotopic (exact) mass is 466 g/mol. The average molecular weight is 467 g/mol. The van der Waals surface area contributed by atoms with E-state index < -0.39 is 0 Å². The highest BCUT2D eigenvalue weighted by Crippen LogP contribution is 2.38. The molecule has 2 heterocycles. The minimum atomic E-state index is -0.160. The Balaban J connectivity index is 1.60. The highest BCUT2D eigenvalue weighted by atomic mass is 35.5. The lowest BCUT2D eigenvalue weighted by molar-refractivity contribution is -0.134. The van der Waals surface area contributed by atoms with Gasteiger partial charge < -0.3 is 9.80 Å². The summed E-state index contributed by atoms with van der Waals surface area (Å²) in [6.07, 6.45) is 1.63. The van der Waals surface area contributed by atoms with Crippen LogP contribution in [0.4, 0.5) is 0 Å². The standard InChI is InChI=1S/C26H27ClN2O2S/c1-3-14-28(26(31)20-6-4-18(2)5-7-20)17-24(30)29-15-12-23-22(13-16-32-23)25(29)19-8-10-21(27)11-9-19/h4-11,13,16,25H,3,12,14-15,17H2,1-2H3. The molecule has 6 heteroatoms. The molecular weight excluding hydrogens is 440 g/mol. The summed E-state index contributed by atoms with van der Waals surface area (Å²) in [5.41, 5.74) is 3.92. The second kappa shape index (κ2) is 9.88. The smallest absolute Gasteiger partial charge is 0.254 e. The number of benzene rings is 2. The third-order valence-corrected chi connectivity index (χ3v) is 7.13. The van der Waals surface area contributed by atoms with Crippen LogP contribution in [-0.2, 0) is 11.2 Å². The van der Waals surface area contributed by atoms with Gasteiger partial charge >= 0.3 is 0 Å². The van der Waals surface area contributed by atoms with Crippen molar-refractivity contribution in [2.75, 3.05) is 19.6 Å². The van der Waals surface area contributed by atoms with Crippen LogP contribution in [-0.4, -0.2) is 41.2 Å². The molecule has 4 rings (SSSR count). The van der Waals surface area contributed by atoms with Gasteiger partial charge in [-0.1, -0.05) is 48.4 Å². The van der Waals surface area contributed by atoms with E-state index >= 15 is 0 Å². The molecule has 2 aromatic carbocycles. The van der Waals surface area contributed by atoms with Gasteiger partial charge in [0.1, 0.15) is 6.54 Å². The molecule has 2 amide bonds. The van der Waals surface area contributed by atoms with Crippen molar-refractivity contribution in [3.8, 4) is 0 Å². The largest absolute Gasteiger partial charge is 0.330 e. The molecule has 1 atom stereocenters. The second-order valence-corrected chi connectivity index (χ2v) is 9.62. The fraction of sp³-hybridized carbons (Fsp3) is 0.308. The Hall–Kier alpha value is -2.63. The molecule has 0 fully saturated rings. The van der Waals surface area contributed by atoms with E-state index in [9.17, 15) is 9.59 Å². The predicted molar refractivity (Wildman–Crippen MR) is 130 cm³/mol. The van der Waals surface area contributed by atoms with Crippen LogP contribution in [0.3, 0.4) is 0 Å². The van der Waals surface area contributed by atoms with E-state index in [1.54, 1.807) is 16.2 Å². The molecule has 0 spiro atoms. The quantitative estimate of drug-likeness (QED) is 0.465. The number of hydrogen-bond acceptors (Lipinski definition) is 3. The molecule has 1 aromatic heterocycles. The number of thiophene rings is 1. The summed E-state index contributed by atoms with van der Waals surface area (Å²) >= 11 is 7.85. The van der Waals surface area contributed by atoms with Crippen molar-refractivity contribution < 1.29 is 9.59 Å². The van der Waals surface area contributed by atoms with Gasteiger partial charge in [-0.15, -0.1) is 11.3 Å². The molecule has 3 aromatic rings. The van der Waals surface area contributed by atoms with Crippen molar-refractivity contribution in [3.63, 3.8) is 0 Å². The van der Waals surface area contributed by atoms with Crippen molar-refractivity contribution >= 4 is 34.8 Å². The molecule has 0 N–H and O–H groups in total. The number of halogens is 1. The molecule has 166 valence electrons. The summed E-state index contributed by atoms with van der Waals surface area (Å²) < 4.78 is 0. The van der Waals surface area contributed by atoms with Crippen LogP contribution in [0.15, 0.2) is 60.0 Å². The van der Waals surface area contributed by atoms with Gasteiger partial charge in [0.2, 0.25) is 5.91 Å². The zero-order valence-corrected chi connectivity index (χ0v) is 20.0. The van der Waals surface area contributed by atoms with Crippen molar-refractivity contribution in [2.45, 2.75) is 32.7 Å². The zero-order valence-electron chi connectivity index (χ0n) is 18.4. The van der Waals surface area contributed by atoms with E-state index in [1.807, 2.05) is 67.3 Å². The lowest BCUT2D eigenvalue weighted by Crippen LogP contribution is -2.47. The van der Waals surface area contributed by atoms with Crippen LogP contribution < -0.4 is 0 Å². The summed E-state index contributed by atoms with van der Waals surface area (Å²) in [5.74, 6) is -0.132. The number of rotatable bonds is 6. The summed E-state index contributed by atoms with van der Waals surface area (Å²) in [5, 5.41) is 2.76. The maximum absolute atomic E-state index is 13.6. The number of carbonyl (C=O) groups excluding carboxylic acids is 2. The highest BCUT2D eigenvalue weighted by Gasteiger charge is 2.34. The fourth-order valence-corrected chi connectivity index (χ4v) is 5.27. The van der Waals surface area contributed by atoms with Gasteiger partial charge in [0.15, 0.2) is 0 Å². The molecule has 0 aliphatic carbocycles. The van der Waals surface area contributed by atoms with E-state index in [-0.39, 0.29) is 24.4 Å². The Morgan fingerprint density at radius 2 is 1.81 bits per heavy atom. The van der Waals surface area contributed by atoms with E-state index in [4.69, 9.17) is 11.6 Å². The number of amides is 2. The number of carbonyl (C=O) groups is 2. The molecule has 1 aliphatic rings. The lowest BCUT2D eigenvalue weighted by atomic mass is 9.93. The van der Waals surface area contributed by atoms with Crippen molar-refractivity contribution in [2.24, 2.45) is 0 Å². The van der Waals surface area contributed by atoms with Gasteiger partial charge in [-0.25, -0.2) is 0 Å². The minimum Gasteiger partial charge on any atom is -0.330 e. The molecule has 0 saturated heterocycles. The number of fused-ring (bicyclic) bond motifs is 1. The normalized spacial score (nSPS) is 15.3. The topological polar surface area (TPSA) is 40.6 Å². The molecule has 4 nitrogen and oxygen atoms in total. The molecule has 0 bridgehead atoms. The summed E-state index contributed by atoms with van der Waals surface area (Å²) in [6, 6.07) is 17.2. The molecule has 0 radical (unpaired) electrons. The van der Waals surface area contributed by atoms with Crippen LogP contribution in [0.1, 0.15) is 51.3 Å². The molecule has 1 aliphatic heterocycles. The van der Waals surface area contributed by atoms with Crippen LogP contribution >= 0.6 is 22.9 Å². The SMILES string of the molecule is CCCN(CC(=O)N1CCc2sccc2C1c1ccc(Cl)cc1)C(=O)c1ccc(C)cc1. The molecular formula is C26H27ClN2O2S. The molecule has 1 unspecified atom stereocenters. The van der Waals surface area contributed by atoms with Crippen LogP contribution in [0, 0.1) is 6.92 Å². The van der Waals surface area contributed by atoms with E-state index in [0.29, 0.717) is 23.7 Å². The first-order valence-corrected chi connectivity index (χ1v) is 12.2. The number of hydrogen-bond donors (Lipinski definition) is 0. The van der Waals surface area contributed by atoms with Gasteiger partial charge in [-0.05, 0) is 66.6 Å². The third kappa shape index (κ3) is 4.74. The molecule has 0 saturated carbocycles. The van der Waals surface area contributed by atoms with Crippen LogP contribution in [0.5, 0.6) is 0 Å². The maximum atomic E-state index is 13.6. The van der Waals surface area contributed by atoms with E-state index in [0.717, 1.165) is 24.0 Å². The van der Waals surface area contributed by atoms with Crippen molar-refractivity contribution in [3.05, 3.63) is 92.1 Å². The zero-order chi connectivity index (χ0) is 22.7. The summed E-state index contributed by atoms with van der Waals surface area (Å²) in [7, 11) is 0. The Bertz CT molecular complexity index is 1090. The first-order chi connectivity index (χ1) is 15.5. The molecule has 32 heavy (non-hydrogen) atoms. The van der Waals surface area contributed by atoms with Gasteiger partial charge in [-0.3, -0.25) is 9.59 Å². The van der Waals surface area contributed by atoms with E-state index in [1.165, 1.54) is 10.4 Å². The fourth-order valence-electron chi connectivity index (χ4n) is 4.24. The third-order valence-electron chi connectivity index (χ3n) is 5.88. The second-order valence-electron chi connectivity index (χ2n) is 8.18. The Kier molecular flexibility index (Phi) is 6.97. The maximum Gasteiger partial charge on any atom is 0.254 e. The Labute approximate surface area is 198 Å². The van der Waals surface area contributed by atoms with E-state index in [2.05, 4.69) is 11.4 Å². The average Bonchev–Trinajstić information content (AvgIpc) is 3.28. The van der Waals surface area contributed by atoms with Gasteiger partial charge in [0.25, 0.3) is 5.91 Å². The summed E-state index contributed by atoms with van der Waals surface area (Å²) in [6.45, 7) is 5.27. The van der Waals surface area contributed by atoms with Crippen LogP contribution in [0.2, 0.25) is 5.02 Å². The highest BCUT2D eigenvalue weighted by molar-refractivity contribution is 7.10. The van der Waals surface area contributed by atoms with Crippen molar-refractivity contribution in [1.29, 1.82) is 0 Å². The summed E-state index contributed by atoms with van der Waals surface area (Å²) in [4.78, 5) is 31.6. The Morgan fingerprint density at radius 3 is 2.50 bits per heavy atom. The predicted octanol–water partition coefficient (Wildman–Crippen LogP) is 5.74. The Morgan fingerprint density at radius 1 is 1.09 bits per heavy atom. The number of nitrogens with zero attached hydrogens (tertiary/aromatic N) is 2. The van der Waals surface area contributed by atoms with Crippen molar-refractivity contribution in [1.82, 2.24) is 9.80 Å². The van der Waals surface area contributed by atoms with Gasteiger partial charge in [0, 0.05) is 28.6 Å². The van der Waals surface area contributed by atoms with Gasteiger partial charge in [0.05, 0.1) is 6.04 Å². The minimum absolute atomic E-state index is 0.0317. The first-order valence-electron chi connectivity index (χ1n) is 10.9. The van der Waals surface area contributed by atoms with Crippen LogP contribution in [0.25, 0.3) is 0 Å². The lowest BCUT2D eigenvalue weighted by Gasteiger charge is -2.37. The number of aryl methyl sites for hydroxylation is 1. The van der Waals surface area contributed by atoms with Gasteiger partial charge in [-0.2, -0.15) is 0 Å². The first kappa shape index (κ1) is 22.6.